The number of ether oxygens (including phenoxy) is 2. The SMILES string of the molecule is CC(C)(C)OC(=O)NC(=NCc1c(F)ccc(Br)c1F)NC(=O)OC(C)(C)C. The highest BCUT2D eigenvalue weighted by Crippen LogP contribution is 2.22. The second-order valence-electron chi connectivity index (χ2n) is 7.74. The van der Waals surface area contributed by atoms with Gasteiger partial charge in [-0.2, -0.15) is 0 Å². The predicted molar refractivity (Wildman–Crippen MR) is 104 cm³/mol. The van der Waals surface area contributed by atoms with Gasteiger partial charge in [-0.1, -0.05) is 0 Å². The molecule has 0 aliphatic heterocycles. The Balaban J connectivity index is 3.05. The van der Waals surface area contributed by atoms with Gasteiger partial charge in [-0.05, 0) is 69.6 Å². The van der Waals surface area contributed by atoms with Gasteiger partial charge in [0, 0.05) is 5.56 Å². The molecule has 0 aliphatic carbocycles. The van der Waals surface area contributed by atoms with Gasteiger partial charge in [-0.25, -0.2) is 23.4 Å². The summed E-state index contributed by atoms with van der Waals surface area (Å²) in [5.74, 6) is -2.03. The number of nitrogens with one attached hydrogen (secondary N) is 2. The first kappa shape index (κ1) is 23.8. The highest BCUT2D eigenvalue weighted by Gasteiger charge is 2.21. The molecule has 0 spiro atoms. The number of rotatable bonds is 2. The van der Waals surface area contributed by atoms with Gasteiger partial charge in [0.2, 0.25) is 5.96 Å². The summed E-state index contributed by atoms with van der Waals surface area (Å²) >= 11 is 2.96. The molecule has 2 amide bonds. The van der Waals surface area contributed by atoms with Crippen molar-refractivity contribution in [3.63, 3.8) is 0 Å². The zero-order valence-corrected chi connectivity index (χ0v) is 18.2. The van der Waals surface area contributed by atoms with Crippen LogP contribution in [0.3, 0.4) is 0 Å². The lowest BCUT2D eigenvalue weighted by atomic mass is 10.2. The van der Waals surface area contributed by atoms with E-state index >= 15 is 0 Å². The first-order valence-corrected chi connectivity index (χ1v) is 9.14. The quantitative estimate of drug-likeness (QED) is 0.380. The largest absolute Gasteiger partial charge is 0.444 e. The number of amides is 2. The number of aliphatic imine (C=N–C) groups is 1. The molecule has 156 valence electrons. The van der Waals surface area contributed by atoms with Crippen LogP contribution in [0.15, 0.2) is 21.6 Å². The average Bonchev–Trinajstić information content (AvgIpc) is 2.47. The minimum Gasteiger partial charge on any atom is -0.444 e. The second-order valence-corrected chi connectivity index (χ2v) is 8.59. The second kappa shape index (κ2) is 9.31. The van der Waals surface area contributed by atoms with Gasteiger partial charge in [0.1, 0.15) is 22.8 Å². The summed E-state index contributed by atoms with van der Waals surface area (Å²) in [6.45, 7) is 9.41. The third kappa shape index (κ3) is 8.64. The van der Waals surface area contributed by atoms with Crippen molar-refractivity contribution in [2.24, 2.45) is 4.99 Å². The highest BCUT2D eigenvalue weighted by molar-refractivity contribution is 9.10. The van der Waals surface area contributed by atoms with E-state index in [9.17, 15) is 18.4 Å². The average molecular weight is 464 g/mol. The predicted octanol–water partition coefficient (Wildman–Crippen LogP) is 4.63. The Morgan fingerprint density at radius 1 is 1.00 bits per heavy atom. The van der Waals surface area contributed by atoms with Gasteiger partial charge in [0.05, 0.1) is 11.0 Å². The van der Waals surface area contributed by atoms with Crippen LogP contribution in [0.1, 0.15) is 47.1 Å². The molecule has 0 unspecified atom stereocenters. The van der Waals surface area contributed by atoms with Crippen LogP contribution < -0.4 is 10.6 Å². The molecular weight excluding hydrogens is 440 g/mol. The van der Waals surface area contributed by atoms with Crippen LogP contribution >= 0.6 is 15.9 Å². The summed E-state index contributed by atoms with van der Waals surface area (Å²) in [7, 11) is 0. The Kier molecular flexibility index (Phi) is 7.92. The van der Waals surface area contributed by atoms with Crippen molar-refractivity contribution in [3.8, 4) is 0 Å². The van der Waals surface area contributed by atoms with E-state index < -0.39 is 41.6 Å². The number of benzene rings is 1. The van der Waals surface area contributed by atoms with Crippen molar-refractivity contribution < 1.29 is 27.8 Å². The Labute approximate surface area is 171 Å². The number of alkyl carbamates (subject to hydrolysis) is 2. The van der Waals surface area contributed by atoms with E-state index in [1.807, 2.05) is 0 Å². The van der Waals surface area contributed by atoms with Crippen molar-refractivity contribution in [3.05, 3.63) is 33.8 Å². The van der Waals surface area contributed by atoms with Crippen LogP contribution in [0.4, 0.5) is 18.4 Å². The minimum absolute atomic E-state index is 0.0563. The summed E-state index contributed by atoms with van der Waals surface area (Å²) < 4.78 is 38.2. The van der Waals surface area contributed by atoms with Gasteiger partial charge in [0.25, 0.3) is 0 Å². The molecule has 0 atom stereocenters. The van der Waals surface area contributed by atoms with Crippen molar-refractivity contribution in [1.29, 1.82) is 0 Å². The Hall–Kier alpha value is -2.23. The van der Waals surface area contributed by atoms with Crippen molar-refractivity contribution in [1.82, 2.24) is 10.6 Å². The molecule has 10 heteroatoms. The van der Waals surface area contributed by atoms with Gasteiger partial charge >= 0.3 is 12.2 Å². The van der Waals surface area contributed by atoms with Crippen LogP contribution in [0, 0.1) is 11.6 Å². The molecule has 28 heavy (non-hydrogen) atoms. The maximum Gasteiger partial charge on any atom is 0.414 e. The van der Waals surface area contributed by atoms with Crippen molar-refractivity contribution >= 4 is 34.1 Å². The highest BCUT2D eigenvalue weighted by atomic mass is 79.9. The summed E-state index contributed by atoms with van der Waals surface area (Å²) in [4.78, 5) is 27.8. The molecule has 1 aromatic rings. The van der Waals surface area contributed by atoms with E-state index in [0.717, 1.165) is 6.07 Å². The van der Waals surface area contributed by atoms with Crippen LogP contribution in [0.25, 0.3) is 0 Å². The van der Waals surface area contributed by atoms with Crippen LogP contribution in [-0.4, -0.2) is 29.3 Å². The van der Waals surface area contributed by atoms with Gasteiger partial charge in [-0.15, -0.1) is 0 Å². The van der Waals surface area contributed by atoms with E-state index in [2.05, 4.69) is 31.6 Å². The maximum absolute atomic E-state index is 14.1. The lowest BCUT2D eigenvalue weighted by Crippen LogP contribution is -2.47. The first-order chi connectivity index (χ1) is 12.7. The Morgan fingerprint density at radius 3 is 1.89 bits per heavy atom. The summed E-state index contributed by atoms with van der Waals surface area (Å²) in [5, 5.41) is 4.47. The standard InChI is InChI=1S/C18H24BrF2N3O4/c1-17(2,3)27-15(25)23-14(24-16(26)28-18(4,5)6)22-9-10-12(20)8-7-11(19)13(10)21/h7-8H,9H2,1-6H3,(H2,22,23,24,25,26). The number of hydrogen-bond acceptors (Lipinski definition) is 5. The molecule has 0 aromatic heterocycles. The lowest BCUT2D eigenvalue weighted by Gasteiger charge is -2.22. The van der Waals surface area contributed by atoms with Crippen molar-refractivity contribution in [2.45, 2.75) is 59.3 Å². The molecule has 1 aromatic carbocycles. The third-order valence-corrected chi connectivity index (χ3v) is 3.39. The molecule has 0 aliphatic rings. The van der Waals surface area contributed by atoms with Crippen LogP contribution in [-0.2, 0) is 16.0 Å². The monoisotopic (exact) mass is 463 g/mol. The zero-order valence-electron chi connectivity index (χ0n) is 16.6. The van der Waals surface area contributed by atoms with E-state index in [4.69, 9.17) is 9.47 Å². The smallest absolute Gasteiger partial charge is 0.414 e. The molecule has 0 saturated heterocycles. The number of carbonyl (C=O) groups is 2. The topological polar surface area (TPSA) is 89.0 Å². The van der Waals surface area contributed by atoms with Crippen molar-refractivity contribution in [2.75, 3.05) is 0 Å². The molecule has 2 N–H and O–H groups in total. The molecule has 0 saturated carbocycles. The van der Waals surface area contributed by atoms with Gasteiger partial charge in [-0.3, -0.25) is 10.6 Å². The normalized spacial score (nSPS) is 11.5. The molecule has 0 fully saturated rings. The first-order valence-electron chi connectivity index (χ1n) is 8.35. The third-order valence-electron chi connectivity index (χ3n) is 2.77. The number of guanidine groups is 1. The molecule has 7 nitrogen and oxygen atoms in total. The zero-order chi connectivity index (χ0) is 21.7. The fourth-order valence-electron chi connectivity index (χ4n) is 1.78. The summed E-state index contributed by atoms with van der Waals surface area (Å²) in [6, 6.07) is 2.29. The Bertz CT molecular complexity index is 739. The Morgan fingerprint density at radius 2 is 1.46 bits per heavy atom. The minimum atomic E-state index is -0.905. The van der Waals surface area contributed by atoms with Gasteiger partial charge < -0.3 is 9.47 Å². The summed E-state index contributed by atoms with van der Waals surface area (Å²) in [6.07, 6.45) is -1.81. The van der Waals surface area contributed by atoms with E-state index in [0.29, 0.717) is 0 Å². The number of hydrogen-bond donors (Lipinski definition) is 2. The fourth-order valence-corrected chi connectivity index (χ4v) is 2.15. The molecular formula is C18H24BrF2N3O4. The lowest BCUT2D eigenvalue weighted by molar-refractivity contribution is 0.0545. The molecule has 0 heterocycles. The van der Waals surface area contributed by atoms with E-state index in [1.54, 1.807) is 41.5 Å². The molecule has 1 rings (SSSR count). The number of halogens is 3. The maximum atomic E-state index is 14.1. The summed E-state index contributed by atoms with van der Waals surface area (Å²) in [5.41, 5.74) is -1.95. The van der Waals surface area contributed by atoms with Crippen LogP contribution in [0.5, 0.6) is 0 Å². The number of nitrogens with zero attached hydrogens (tertiary/aromatic N) is 1. The van der Waals surface area contributed by atoms with Gasteiger partial charge in [0.15, 0.2) is 0 Å². The number of carbonyl (C=O) groups excluding carboxylic acids is 2. The fraction of sp³-hybridized carbons (Fsp3) is 0.500. The van der Waals surface area contributed by atoms with E-state index in [-0.39, 0.29) is 16.0 Å². The molecule has 0 radical (unpaired) electrons. The van der Waals surface area contributed by atoms with E-state index in [1.165, 1.54) is 6.07 Å². The molecule has 0 bridgehead atoms. The van der Waals surface area contributed by atoms with Crippen LogP contribution in [0.2, 0.25) is 0 Å².